The molecule has 2 saturated heterocycles. The maximum Gasteiger partial charge on any atom is 0.490 e. The van der Waals surface area contributed by atoms with Crippen molar-refractivity contribution in [3.05, 3.63) is 95.8 Å². The average molecular weight is 775 g/mol. The van der Waals surface area contributed by atoms with E-state index in [-0.39, 0.29) is 17.6 Å². The lowest BCUT2D eigenvalue weighted by Crippen LogP contribution is -2.59. The summed E-state index contributed by atoms with van der Waals surface area (Å²) in [5.74, 6) is -8.69. The number of likely N-dealkylation sites (tertiary alicyclic amines) is 1. The Morgan fingerprint density at radius 3 is 1.79 bits per heavy atom. The molecule has 3 N–H and O–H groups in total. The number of carboxylic acids is 3. The van der Waals surface area contributed by atoms with Gasteiger partial charge in [-0.2, -0.15) is 39.5 Å². The summed E-state index contributed by atoms with van der Waals surface area (Å²) < 4.78 is 115. The number of hydrogen-bond donors (Lipinski definition) is 3. The number of pyridine rings is 2. The highest BCUT2D eigenvalue weighted by atomic mass is 19.4. The second kappa shape index (κ2) is 18.4. The molecule has 1 amide bonds. The quantitative estimate of drug-likeness (QED) is 0.301. The van der Waals surface area contributed by atoms with Gasteiger partial charge in [-0.1, -0.05) is 18.2 Å². The molecule has 12 nitrogen and oxygen atoms in total. The third-order valence-corrected chi connectivity index (χ3v) is 7.06. The third-order valence-electron chi connectivity index (χ3n) is 7.06. The number of morpholine rings is 1. The van der Waals surface area contributed by atoms with Crippen LogP contribution in [-0.2, 0) is 37.0 Å². The van der Waals surface area contributed by atoms with E-state index in [0.29, 0.717) is 39.3 Å². The number of hydrogen-bond acceptors (Lipinski definition) is 8. The largest absolute Gasteiger partial charge is 0.490 e. The van der Waals surface area contributed by atoms with Crippen LogP contribution in [0.3, 0.4) is 0 Å². The van der Waals surface area contributed by atoms with Crippen LogP contribution in [0, 0.1) is 5.82 Å². The van der Waals surface area contributed by atoms with Crippen LogP contribution in [0.1, 0.15) is 22.6 Å². The highest BCUT2D eigenvalue weighted by Gasteiger charge is 2.57. The molecule has 2 aromatic heterocycles. The van der Waals surface area contributed by atoms with Gasteiger partial charge in [0.15, 0.2) is 5.60 Å². The molecule has 290 valence electrons. The number of aliphatic carboxylic acids is 3. The van der Waals surface area contributed by atoms with Crippen LogP contribution in [0.2, 0.25) is 0 Å². The van der Waals surface area contributed by atoms with Crippen LogP contribution in [0.25, 0.3) is 0 Å². The van der Waals surface area contributed by atoms with Gasteiger partial charge >= 0.3 is 36.4 Å². The first-order valence-electron chi connectivity index (χ1n) is 14.6. The molecule has 0 aliphatic carbocycles. The minimum Gasteiger partial charge on any atom is -0.475 e. The van der Waals surface area contributed by atoms with Crippen LogP contribution >= 0.6 is 0 Å². The number of rotatable bonds is 5. The number of ether oxygens (including phenoxy) is 1. The minimum atomic E-state index is -5.08. The van der Waals surface area contributed by atoms with Crippen molar-refractivity contribution in [3.8, 4) is 0 Å². The van der Waals surface area contributed by atoms with E-state index >= 15 is 0 Å². The summed E-state index contributed by atoms with van der Waals surface area (Å²) in [6.45, 7) is 3.19. The second-order valence-electron chi connectivity index (χ2n) is 10.9. The van der Waals surface area contributed by atoms with Gasteiger partial charge in [-0.25, -0.2) is 18.8 Å². The number of carbonyl (C=O) groups excluding carboxylic acids is 1. The Kier molecular flexibility index (Phi) is 15.2. The lowest BCUT2D eigenvalue weighted by atomic mass is 9.83. The predicted molar refractivity (Wildman–Crippen MR) is 158 cm³/mol. The van der Waals surface area contributed by atoms with Gasteiger partial charge in [0.2, 0.25) is 0 Å². The van der Waals surface area contributed by atoms with Gasteiger partial charge in [-0.3, -0.25) is 19.7 Å². The number of nitrogens with zero attached hydrogens (tertiary/aromatic N) is 4. The number of aromatic nitrogens is 2. The topological polar surface area (TPSA) is 170 Å². The summed E-state index contributed by atoms with van der Waals surface area (Å²) in [7, 11) is 0. The van der Waals surface area contributed by atoms with E-state index in [9.17, 15) is 48.7 Å². The molecule has 0 radical (unpaired) electrons. The molecule has 2 aliphatic heterocycles. The van der Waals surface area contributed by atoms with Gasteiger partial charge in [0.25, 0.3) is 5.91 Å². The summed E-state index contributed by atoms with van der Waals surface area (Å²) >= 11 is 0. The van der Waals surface area contributed by atoms with Crippen LogP contribution in [0.5, 0.6) is 0 Å². The number of benzene rings is 1. The zero-order chi connectivity index (χ0) is 40.2. The Hall–Kier alpha value is -5.38. The lowest BCUT2D eigenvalue weighted by Gasteiger charge is -2.42. The van der Waals surface area contributed by atoms with Crippen molar-refractivity contribution in [2.24, 2.45) is 0 Å². The first-order valence-corrected chi connectivity index (χ1v) is 14.6. The molecule has 22 heteroatoms. The maximum atomic E-state index is 13.9. The molecular formula is C31H28F10N4O8. The van der Waals surface area contributed by atoms with Crippen molar-refractivity contribution in [1.82, 2.24) is 19.8 Å². The number of carbonyl (C=O) groups is 4. The molecular weight excluding hydrogens is 746 g/mol. The Labute approximate surface area is 292 Å². The highest BCUT2D eigenvalue weighted by molar-refractivity contribution is 5.88. The number of halogens is 10. The summed E-state index contributed by atoms with van der Waals surface area (Å²) in [6, 6.07) is 14.4. The van der Waals surface area contributed by atoms with Crippen LogP contribution in [-0.4, -0.2) is 109 Å². The van der Waals surface area contributed by atoms with E-state index in [2.05, 4.69) is 14.9 Å². The van der Waals surface area contributed by atoms with Gasteiger partial charge in [0, 0.05) is 63.4 Å². The molecule has 53 heavy (non-hydrogen) atoms. The number of alkyl halides is 9. The molecule has 3 aromatic rings. The SMILES string of the molecule is O=C(O)C(F)(F)F.O=C(O)C(F)(F)F.O=C(O)C(F)(F)F.O=C1N(Cc2ccncc2)CCOC12CN(Cc1cccc(F)c1)CC2c1cccnc1. The van der Waals surface area contributed by atoms with Crippen molar-refractivity contribution >= 4 is 23.8 Å². The van der Waals surface area contributed by atoms with Gasteiger partial charge in [-0.05, 0) is 47.0 Å². The van der Waals surface area contributed by atoms with E-state index in [4.69, 9.17) is 34.4 Å². The molecule has 2 aliphatic rings. The predicted octanol–water partition coefficient (Wildman–Crippen LogP) is 4.91. The molecule has 5 rings (SSSR count). The van der Waals surface area contributed by atoms with Gasteiger partial charge in [0.05, 0.1) is 6.61 Å². The molecule has 2 atom stereocenters. The molecule has 4 heterocycles. The molecule has 1 aromatic carbocycles. The van der Waals surface area contributed by atoms with Crippen LogP contribution in [0.15, 0.2) is 73.3 Å². The number of carboxylic acid groups (broad SMARTS) is 3. The van der Waals surface area contributed by atoms with E-state index in [0.717, 1.165) is 16.7 Å². The Morgan fingerprint density at radius 1 is 0.774 bits per heavy atom. The normalized spacial score (nSPS) is 18.8. The molecule has 2 unspecified atom stereocenters. The van der Waals surface area contributed by atoms with Crippen molar-refractivity contribution in [2.45, 2.75) is 43.1 Å². The third kappa shape index (κ3) is 13.6. The van der Waals surface area contributed by atoms with Gasteiger partial charge in [0.1, 0.15) is 5.82 Å². The second-order valence-corrected chi connectivity index (χ2v) is 10.9. The number of amides is 1. The highest BCUT2D eigenvalue weighted by Crippen LogP contribution is 2.42. The summed E-state index contributed by atoms with van der Waals surface area (Å²) in [6.07, 6.45) is -8.22. The fourth-order valence-corrected chi connectivity index (χ4v) is 4.87. The van der Waals surface area contributed by atoms with Crippen molar-refractivity contribution in [2.75, 3.05) is 26.2 Å². The Bertz CT molecular complexity index is 1620. The zero-order valence-electron chi connectivity index (χ0n) is 26.7. The Balaban J connectivity index is 0.000000379. The van der Waals surface area contributed by atoms with Crippen molar-refractivity contribution in [3.63, 3.8) is 0 Å². The molecule has 0 saturated carbocycles. The maximum absolute atomic E-state index is 13.9. The fourth-order valence-electron chi connectivity index (χ4n) is 4.87. The van der Waals surface area contributed by atoms with Gasteiger partial charge in [-0.15, -0.1) is 0 Å². The minimum absolute atomic E-state index is 0.00356. The van der Waals surface area contributed by atoms with Crippen LogP contribution in [0.4, 0.5) is 43.9 Å². The average Bonchev–Trinajstić information content (AvgIpc) is 3.42. The standard InChI is InChI=1S/C25H25FN4O2.3C2HF3O2/c26-22-5-1-3-20(13-22)15-29-17-23(21-4-2-8-28-14-21)25(18-29)24(31)30(11-12-32-25)16-19-6-9-27-10-7-19;3*3-2(4,5)1(6)7/h1-10,13-14,23H,11-12,15-18H2;3*(H,6,7). The summed E-state index contributed by atoms with van der Waals surface area (Å²) in [5, 5.41) is 21.4. The van der Waals surface area contributed by atoms with E-state index < -0.39 is 42.0 Å². The Morgan fingerprint density at radius 2 is 1.32 bits per heavy atom. The monoisotopic (exact) mass is 774 g/mol. The van der Waals surface area contributed by atoms with Crippen molar-refractivity contribution < 1.29 is 83.1 Å². The summed E-state index contributed by atoms with van der Waals surface area (Å²) in [5.41, 5.74) is 1.91. The van der Waals surface area contributed by atoms with E-state index in [1.54, 1.807) is 30.7 Å². The van der Waals surface area contributed by atoms with Crippen LogP contribution < -0.4 is 0 Å². The van der Waals surface area contributed by atoms with Crippen molar-refractivity contribution in [1.29, 1.82) is 0 Å². The fraction of sp³-hybridized carbons (Fsp3) is 0.355. The first-order chi connectivity index (χ1) is 24.5. The first kappa shape index (κ1) is 43.8. The molecule has 1 spiro atoms. The lowest BCUT2D eigenvalue weighted by molar-refractivity contribution is -0.193. The summed E-state index contributed by atoms with van der Waals surface area (Å²) in [4.78, 5) is 53.0. The van der Waals surface area contributed by atoms with Gasteiger partial charge < -0.3 is 25.0 Å². The van der Waals surface area contributed by atoms with E-state index in [1.165, 1.54) is 6.07 Å². The smallest absolute Gasteiger partial charge is 0.475 e. The van der Waals surface area contributed by atoms with E-state index in [1.807, 2.05) is 41.4 Å². The zero-order valence-corrected chi connectivity index (χ0v) is 26.7. The molecule has 2 fully saturated rings. The molecule has 0 bridgehead atoms.